The number of anilines is 1. The van der Waals surface area contributed by atoms with Crippen molar-refractivity contribution in [3.63, 3.8) is 0 Å². The van der Waals surface area contributed by atoms with E-state index in [2.05, 4.69) is 10.6 Å². The van der Waals surface area contributed by atoms with E-state index >= 15 is 0 Å². The first-order chi connectivity index (χ1) is 15.0. The second-order valence-electron chi connectivity index (χ2n) is 8.17. The van der Waals surface area contributed by atoms with Crippen LogP contribution in [0.15, 0.2) is 36.4 Å². The number of allylic oxidation sites excluding steroid dienone is 2. The van der Waals surface area contributed by atoms with E-state index in [0.29, 0.717) is 37.2 Å². The lowest BCUT2D eigenvalue weighted by molar-refractivity contribution is -0.140. The zero-order chi connectivity index (χ0) is 21.8. The van der Waals surface area contributed by atoms with Gasteiger partial charge in [0.2, 0.25) is 17.7 Å². The molecule has 0 saturated carbocycles. The molecular weight excluding hydrogens is 398 g/mol. The molecule has 8 heteroatoms. The first-order valence-corrected chi connectivity index (χ1v) is 10.8. The fraction of sp³-hybridized carbons (Fsp3) is 0.478. The number of carbonyl (C=O) groups excluding carboxylic acids is 4. The Morgan fingerprint density at radius 1 is 1.06 bits per heavy atom. The average Bonchev–Trinajstić information content (AvgIpc) is 3.39. The molecule has 164 valence electrons. The van der Waals surface area contributed by atoms with Gasteiger partial charge in [-0.05, 0) is 37.8 Å². The minimum atomic E-state index is -0.354. The summed E-state index contributed by atoms with van der Waals surface area (Å²) in [5.41, 5.74) is 0.758. The summed E-state index contributed by atoms with van der Waals surface area (Å²) in [7, 11) is 0. The van der Waals surface area contributed by atoms with Crippen LogP contribution < -0.4 is 10.6 Å². The number of likely N-dealkylation sites (tertiary alicyclic amines) is 1. The number of imide groups is 1. The van der Waals surface area contributed by atoms with Gasteiger partial charge in [0.05, 0.1) is 29.2 Å². The molecule has 1 aromatic rings. The van der Waals surface area contributed by atoms with Crippen molar-refractivity contribution in [1.82, 2.24) is 10.2 Å². The molecule has 1 aliphatic carbocycles. The third-order valence-electron chi connectivity index (χ3n) is 6.12. The molecule has 1 aromatic carbocycles. The number of fused-ring (bicyclic) bond motifs is 1. The molecule has 3 aliphatic rings. The maximum atomic E-state index is 12.6. The summed E-state index contributed by atoms with van der Waals surface area (Å²) in [6.07, 6.45) is 6.94. The van der Waals surface area contributed by atoms with Gasteiger partial charge in [0, 0.05) is 26.1 Å². The maximum Gasteiger partial charge on any atom is 0.253 e. The summed E-state index contributed by atoms with van der Waals surface area (Å²) in [5, 5.41) is 5.60. The van der Waals surface area contributed by atoms with Crippen molar-refractivity contribution in [1.29, 1.82) is 0 Å². The smallest absolute Gasteiger partial charge is 0.253 e. The molecule has 2 aliphatic heterocycles. The van der Waals surface area contributed by atoms with Gasteiger partial charge in [0.1, 0.15) is 0 Å². The fourth-order valence-electron chi connectivity index (χ4n) is 4.41. The number of rotatable bonds is 7. The molecule has 3 atom stereocenters. The predicted octanol–water partition coefficient (Wildman–Crippen LogP) is 1.88. The van der Waals surface area contributed by atoms with E-state index in [4.69, 9.17) is 4.74 Å². The van der Waals surface area contributed by atoms with Crippen LogP contribution in [0, 0.1) is 11.8 Å². The second kappa shape index (κ2) is 9.43. The summed E-state index contributed by atoms with van der Waals surface area (Å²) in [6, 6.07) is 6.77. The molecule has 2 saturated heterocycles. The maximum absolute atomic E-state index is 12.6. The van der Waals surface area contributed by atoms with Crippen molar-refractivity contribution < 1.29 is 23.9 Å². The summed E-state index contributed by atoms with van der Waals surface area (Å²) >= 11 is 0. The van der Waals surface area contributed by atoms with Crippen LogP contribution in [0.5, 0.6) is 0 Å². The van der Waals surface area contributed by atoms with Gasteiger partial charge < -0.3 is 15.4 Å². The van der Waals surface area contributed by atoms with E-state index in [1.54, 1.807) is 24.3 Å². The molecule has 2 fully saturated rings. The van der Waals surface area contributed by atoms with Crippen LogP contribution in [0.25, 0.3) is 0 Å². The highest BCUT2D eigenvalue weighted by molar-refractivity contribution is 6.06. The van der Waals surface area contributed by atoms with Crippen molar-refractivity contribution in [2.45, 2.75) is 38.2 Å². The van der Waals surface area contributed by atoms with E-state index in [9.17, 15) is 19.2 Å². The number of nitrogens with one attached hydrogen (secondary N) is 2. The number of ether oxygens (including phenoxy) is 1. The van der Waals surface area contributed by atoms with Crippen molar-refractivity contribution >= 4 is 29.3 Å². The highest BCUT2D eigenvalue weighted by Gasteiger charge is 2.46. The van der Waals surface area contributed by atoms with Gasteiger partial charge in [-0.2, -0.15) is 0 Å². The summed E-state index contributed by atoms with van der Waals surface area (Å²) in [4.78, 5) is 51.3. The quantitative estimate of drug-likeness (QED) is 0.513. The summed E-state index contributed by atoms with van der Waals surface area (Å²) in [5.74, 6) is -1.62. The van der Waals surface area contributed by atoms with Gasteiger partial charge in [0.25, 0.3) is 5.91 Å². The number of nitrogens with zero attached hydrogens (tertiary/aromatic N) is 1. The molecule has 4 amide bonds. The number of hydrogen-bond donors (Lipinski definition) is 2. The van der Waals surface area contributed by atoms with E-state index in [-0.39, 0.29) is 54.5 Å². The number of hydrogen-bond acceptors (Lipinski definition) is 5. The third-order valence-corrected chi connectivity index (χ3v) is 6.12. The van der Waals surface area contributed by atoms with E-state index in [1.165, 1.54) is 4.90 Å². The Morgan fingerprint density at radius 2 is 1.77 bits per heavy atom. The number of carbonyl (C=O) groups is 4. The second-order valence-corrected chi connectivity index (χ2v) is 8.17. The van der Waals surface area contributed by atoms with Gasteiger partial charge in [-0.15, -0.1) is 0 Å². The van der Waals surface area contributed by atoms with E-state index < -0.39 is 0 Å². The van der Waals surface area contributed by atoms with Crippen LogP contribution in [0.4, 0.5) is 5.69 Å². The molecular formula is C23H27N3O5. The van der Waals surface area contributed by atoms with Crippen molar-refractivity contribution in [3.8, 4) is 0 Å². The molecule has 2 N–H and O–H groups in total. The zero-order valence-corrected chi connectivity index (χ0v) is 17.3. The predicted molar refractivity (Wildman–Crippen MR) is 113 cm³/mol. The van der Waals surface area contributed by atoms with Crippen molar-refractivity contribution in [3.05, 3.63) is 42.0 Å². The van der Waals surface area contributed by atoms with Crippen LogP contribution in [0.2, 0.25) is 0 Å². The van der Waals surface area contributed by atoms with Gasteiger partial charge in [-0.25, -0.2) is 0 Å². The summed E-state index contributed by atoms with van der Waals surface area (Å²) < 4.78 is 5.52. The Labute approximate surface area is 181 Å². The molecule has 0 bridgehead atoms. The molecule has 1 unspecified atom stereocenters. The fourth-order valence-corrected chi connectivity index (χ4v) is 4.41. The van der Waals surface area contributed by atoms with Crippen LogP contribution in [0.1, 0.15) is 42.5 Å². The largest absolute Gasteiger partial charge is 0.376 e. The molecule has 2 heterocycles. The van der Waals surface area contributed by atoms with Gasteiger partial charge in [-0.3, -0.25) is 24.1 Å². The zero-order valence-electron chi connectivity index (χ0n) is 17.3. The SMILES string of the molecule is O=C(CCN1C(=O)[C@H]2CC=CC[C@H]2C1=O)Nc1ccccc1C(=O)NCC1CCCO1. The normalized spacial score (nSPS) is 24.9. The Morgan fingerprint density at radius 3 is 2.45 bits per heavy atom. The monoisotopic (exact) mass is 425 g/mol. The minimum Gasteiger partial charge on any atom is -0.376 e. The lowest BCUT2D eigenvalue weighted by Crippen LogP contribution is -2.34. The van der Waals surface area contributed by atoms with Gasteiger partial charge in [-0.1, -0.05) is 24.3 Å². The van der Waals surface area contributed by atoms with Gasteiger partial charge >= 0.3 is 0 Å². The molecule has 31 heavy (non-hydrogen) atoms. The Hall–Kier alpha value is -3.00. The number of benzene rings is 1. The number of para-hydroxylation sites is 1. The van der Waals surface area contributed by atoms with Crippen LogP contribution in [-0.4, -0.2) is 54.3 Å². The average molecular weight is 425 g/mol. The first kappa shape index (κ1) is 21.2. The molecule has 4 rings (SSSR count). The van der Waals surface area contributed by atoms with Crippen molar-refractivity contribution in [2.24, 2.45) is 11.8 Å². The highest BCUT2D eigenvalue weighted by Crippen LogP contribution is 2.35. The molecule has 0 spiro atoms. The van der Waals surface area contributed by atoms with Gasteiger partial charge in [0.15, 0.2) is 0 Å². The topological polar surface area (TPSA) is 105 Å². The first-order valence-electron chi connectivity index (χ1n) is 10.8. The summed E-state index contributed by atoms with van der Waals surface area (Å²) in [6.45, 7) is 1.19. The third kappa shape index (κ3) is 4.69. The highest BCUT2D eigenvalue weighted by atomic mass is 16.5. The number of amides is 4. The lowest BCUT2D eigenvalue weighted by Gasteiger charge is -2.16. The lowest BCUT2D eigenvalue weighted by atomic mass is 9.85. The van der Waals surface area contributed by atoms with E-state index in [0.717, 1.165) is 12.8 Å². The molecule has 0 radical (unpaired) electrons. The van der Waals surface area contributed by atoms with Crippen LogP contribution in [-0.2, 0) is 19.1 Å². The Kier molecular flexibility index (Phi) is 6.46. The Balaban J connectivity index is 1.32. The molecule has 8 nitrogen and oxygen atoms in total. The standard InChI is InChI=1S/C23H27N3O5/c27-20(11-12-26-22(29)16-7-1-2-8-17(16)23(26)30)25-19-10-4-3-9-18(19)21(28)24-14-15-6-5-13-31-15/h1-4,9-10,15-17H,5-8,11-14H2,(H,24,28)(H,25,27)/t15?,16-,17+. The molecule has 0 aromatic heterocycles. The minimum absolute atomic E-state index is 0.0176. The van der Waals surface area contributed by atoms with Crippen LogP contribution >= 0.6 is 0 Å². The van der Waals surface area contributed by atoms with Crippen molar-refractivity contribution in [2.75, 3.05) is 25.0 Å². The van der Waals surface area contributed by atoms with E-state index in [1.807, 2.05) is 12.2 Å². The van der Waals surface area contributed by atoms with Crippen LogP contribution in [0.3, 0.4) is 0 Å². The Bertz CT molecular complexity index is 880.